The first-order valence-corrected chi connectivity index (χ1v) is 16.9. The minimum atomic E-state index is -1.06. The molecule has 0 spiro atoms. The average Bonchev–Trinajstić information content (AvgIpc) is 3.33. The summed E-state index contributed by atoms with van der Waals surface area (Å²) < 4.78 is 11.2. The SMILES string of the molecule is CCC(C)C(C(=O)OC(CC(C)C)C(=O)NC(CC(C)C)C(=O)NC(C)C=CC(=O)N1C(=O)C=C(OC)C1Cc1ccccc1)N(C)C. The number of esters is 1. The van der Waals surface area contributed by atoms with E-state index in [4.69, 9.17) is 9.47 Å². The molecule has 1 aromatic rings. The molecule has 2 N–H and O–H groups in total. The third kappa shape index (κ3) is 11.9. The molecule has 1 aliphatic rings. The molecule has 6 unspecified atom stereocenters. The van der Waals surface area contributed by atoms with Crippen molar-refractivity contribution in [3.63, 3.8) is 0 Å². The van der Waals surface area contributed by atoms with Crippen LogP contribution in [0.15, 0.2) is 54.3 Å². The number of benzene rings is 1. The first-order valence-electron chi connectivity index (χ1n) is 16.9. The van der Waals surface area contributed by atoms with Gasteiger partial charge < -0.3 is 20.1 Å². The van der Waals surface area contributed by atoms with Gasteiger partial charge in [0, 0.05) is 24.6 Å². The number of hydrogen-bond donors (Lipinski definition) is 2. The Balaban J connectivity index is 2.15. The molecule has 1 aliphatic heterocycles. The summed E-state index contributed by atoms with van der Waals surface area (Å²) >= 11 is 0. The summed E-state index contributed by atoms with van der Waals surface area (Å²) in [6, 6.07) is 6.89. The number of amides is 4. The van der Waals surface area contributed by atoms with E-state index in [2.05, 4.69) is 10.6 Å². The van der Waals surface area contributed by atoms with Gasteiger partial charge in [-0.05, 0) is 57.2 Å². The molecule has 6 atom stereocenters. The maximum atomic E-state index is 13.5. The number of methoxy groups -OCH3 is 1. The van der Waals surface area contributed by atoms with Gasteiger partial charge in [-0.15, -0.1) is 0 Å². The van der Waals surface area contributed by atoms with Crippen LogP contribution in [0.25, 0.3) is 0 Å². The topological polar surface area (TPSA) is 134 Å². The highest BCUT2D eigenvalue weighted by molar-refractivity contribution is 6.07. The van der Waals surface area contributed by atoms with E-state index in [1.165, 1.54) is 25.3 Å². The van der Waals surface area contributed by atoms with E-state index in [1.807, 2.05) is 86.0 Å². The average molecular weight is 669 g/mol. The Bertz CT molecular complexity index is 1310. The van der Waals surface area contributed by atoms with E-state index in [1.54, 1.807) is 11.8 Å². The van der Waals surface area contributed by atoms with Gasteiger partial charge in [-0.3, -0.25) is 33.8 Å². The molecule has 0 radical (unpaired) electrons. The van der Waals surface area contributed by atoms with E-state index in [9.17, 15) is 24.0 Å². The second-order valence-electron chi connectivity index (χ2n) is 13.7. The number of carbonyl (C=O) groups excluding carboxylic acids is 5. The zero-order chi connectivity index (χ0) is 36.1. The Kier molecular flexibility index (Phi) is 16.0. The molecule has 0 aliphatic carbocycles. The summed E-state index contributed by atoms with van der Waals surface area (Å²) in [5.41, 5.74) is 0.944. The van der Waals surface area contributed by atoms with Gasteiger partial charge in [-0.2, -0.15) is 0 Å². The molecule has 0 bridgehead atoms. The standard InChI is InChI=1S/C37H56N4O7/c1-11-25(6)34(40(8)9)37(46)48-31(20-24(4)5)36(45)39-28(19-23(2)3)35(44)38-26(7)17-18-32(42)41-29(30(47-10)22-33(41)43)21-27-15-13-12-14-16-27/h12-18,22-26,28-29,31,34H,11,19-21H2,1-10H3,(H,38,44)(H,39,45). The van der Waals surface area contributed by atoms with Crippen molar-refractivity contribution >= 4 is 29.6 Å². The Morgan fingerprint density at radius 3 is 2.10 bits per heavy atom. The molecule has 1 aromatic carbocycles. The van der Waals surface area contributed by atoms with Gasteiger partial charge in [0.25, 0.3) is 17.7 Å². The van der Waals surface area contributed by atoms with Gasteiger partial charge in [-0.1, -0.05) is 84.4 Å². The van der Waals surface area contributed by atoms with E-state index < -0.39 is 59.9 Å². The maximum Gasteiger partial charge on any atom is 0.324 e. The van der Waals surface area contributed by atoms with Crippen LogP contribution in [0.1, 0.15) is 73.3 Å². The fourth-order valence-corrected chi connectivity index (χ4v) is 5.72. The Labute approximate surface area is 286 Å². The predicted octanol–water partition coefficient (Wildman–Crippen LogP) is 4.02. The molecule has 11 nitrogen and oxygen atoms in total. The van der Waals surface area contributed by atoms with Gasteiger partial charge in [0.15, 0.2) is 6.10 Å². The molecule has 0 aromatic heterocycles. The van der Waals surface area contributed by atoms with Crippen molar-refractivity contribution in [3.8, 4) is 0 Å². The van der Waals surface area contributed by atoms with E-state index >= 15 is 0 Å². The quantitative estimate of drug-likeness (QED) is 0.177. The van der Waals surface area contributed by atoms with Gasteiger partial charge in [0.2, 0.25) is 5.91 Å². The summed E-state index contributed by atoms with van der Waals surface area (Å²) in [7, 11) is 5.08. The molecule has 4 amide bonds. The Hall–Kier alpha value is -3.99. The first-order chi connectivity index (χ1) is 22.6. The fourth-order valence-electron chi connectivity index (χ4n) is 5.72. The van der Waals surface area contributed by atoms with Crippen molar-refractivity contribution in [2.24, 2.45) is 17.8 Å². The third-order valence-corrected chi connectivity index (χ3v) is 8.34. The van der Waals surface area contributed by atoms with Gasteiger partial charge in [-0.25, -0.2) is 0 Å². The summed E-state index contributed by atoms with van der Waals surface area (Å²) in [4.78, 5) is 69.2. The van der Waals surface area contributed by atoms with E-state index in [0.717, 1.165) is 16.9 Å². The van der Waals surface area contributed by atoms with Crippen molar-refractivity contribution in [1.29, 1.82) is 0 Å². The number of nitrogens with one attached hydrogen (secondary N) is 2. The fraction of sp³-hybridized carbons (Fsp3) is 0.595. The maximum absolute atomic E-state index is 13.5. The van der Waals surface area contributed by atoms with Crippen LogP contribution >= 0.6 is 0 Å². The molecule has 0 saturated heterocycles. The van der Waals surface area contributed by atoms with Crippen molar-refractivity contribution in [1.82, 2.24) is 20.4 Å². The largest absolute Gasteiger partial charge is 0.499 e. The summed E-state index contributed by atoms with van der Waals surface area (Å²) in [6.45, 7) is 13.4. The molecule has 1 heterocycles. The van der Waals surface area contributed by atoms with Crippen LogP contribution in [-0.4, -0.2) is 90.9 Å². The molecule has 11 heteroatoms. The van der Waals surface area contributed by atoms with E-state index in [0.29, 0.717) is 25.0 Å². The highest BCUT2D eigenvalue weighted by Crippen LogP contribution is 2.25. The van der Waals surface area contributed by atoms with Crippen LogP contribution in [0.4, 0.5) is 0 Å². The predicted molar refractivity (Wildman–Crippen MR) is 185 cm³/mol. The minimum Gasteiger partial charge on any atom is -0.499 e. The summed E-state index contributed by atoms with van der Waals surface area (Å²) in [5, 5.41) is 5.67. The normalized spacial score (nSPS) is 18.0. The number of likely N-dealkylation sites (N-methyl/N-ethyl adjacent to an activating group) is 1. The summed E-state index contributed by atoms with van der Waals surface area (Å²) in [6.07, 6.45) is 4.84. The van der Waals surface area contributed by atoms with Crippen LogP contribution in [-0.2, 0) is 39.9 Å². The van der Waals surface area contributed by atoms with Crippen LogP contribution in [0.5, 0.6) is 0 Å². The molecular formula is C37H56N4O7. The number of hydrogen-bond acceptors (Lipinski definition) is 8. The highest BCUT2D eigenvalue weighted by Gasteiger charge is 2.38. The number of imide groups is 1. The lowest BCUT2D eigenvalue weighted by Gasteiger charge is -2.30. The molecule has 48 heavy (non-hydrogen) atoms. The van der Waals surface area contributed by atoms with Crippen molar-refractivity contribution in [3.05, 3.63) is 59.9 Å². The lowest BCUT2D eigenvalue weighted by atomic mass is 9.98. The monoisotopic (exact) mass is 668 g/mol. The third-order valence-electron chi connectivity index (χ3n) is 8.34. The molecule has 266 valence electrons. The molecule has 0 fully saturated rings. The molecule has 0 saturated carbocycles. The lowest BCUT2D eigenvalue weighted by Crippen LogP contribution is -2.53. The van der Waals surface area contributed by atoms with Crippen molar-refractivity contribution in [2.75, 3.05) is 21.2 Å². The van der Waals surface area contributed by atoms with Crippen LogP contribution in [0.3, 0.4) is 0 Å². The van der Waals surface area contributed by atoms with Crippen LogP contribution in [0.2, 0.25) is 0 Å². The second-order valence-corrected chi connectivity index (χ2v) is 13.7. The Morgan fingerprint density at radius 2 is 1.56 bits per heavy atom. The highest BCUT2D eigenvalue weighted by atomic mass is 16.5. The van der Waals surface area contributed by atoms with Crippen LogP contribution < -0.4 is 10.6 Å². The van der Waals surface area contributed by atoms with Crippen molar-refractivity contribution < 1.29 is 33.4 Å². The second kappa shape index (κ2) is 19.1. The number of ether oxygens (including phenoxy) is 2. The lowest BCUT2D eigenvalue weighted by molar-refractivity contribution is -0.163. The van der Waals surface area contributed by atoms with Crippen molar-refractivity contribution in [2.45, 2.75) is 104 Å². The molecule has 2 rings (SSSR count). The number of carbonyl (C=O) groups is 5. The Morgan fingerprint density at radius 1 is 0.938 bits per heavy atom. The first kappa shape index (κ1) is 40.2. The van der Waals surface area contributed by atoms with Gasteiger partial charge in [0.05, 0.1) is 7.11 Å². The summed E-state index contributed by atoms with van der Waals surface area (Å²) in [5.74, 6) is -1.92. The molecular weight excluding hydrogens is 612 g/mol. The van der Waals surface area contributed by atoms with Gasteiger partial charge >= 0.3 is 5.97 Å². The van der Waals surface area contributed by atoms with Gasteiger partial charge in [0.1, 0.15) is 23.9 Å². The number of nitrogens with zero attached hydrogens (tertiary/aromatic N) is 2. The smallest absolute Gasteiger partial charge is 0.324 e. The minimum absolute atomic E-state index is 0.0211. The number of rotatable bonds is 18. The van der Waals surface area contributed by atoms with Crippen LogP contribution in [0, 0.1) is 17.8 Å². The van der Waals surface area contributed by atoms with E-state index in [-0.39, 0.29) is 17.8 Å². The zero-order valence-corrected chi connectivity index (χ0v) is 30.3. The zero-order valence-electron chi connectivity index (χ0n) is 30.3.